The second-order valence-electron chi connectivity index (χ2n) is 6.17. The van der Waals surface area contributed by atoms with E-state index in [0.29, 0.717) is 13.2 Å². The van der Waals surface area contributed by atoms with Crippen molar-refractivity contribution in [3.05, 3.63) is 59.2 Å². The fourth-order valence-corrected chi connectivity index (χ4v) is 2.39. The Morgan fingerprint density at radius 3 is 2.52 bits per heavy atom. The Hall–Kier alpha value is -2.49. The minimum Gasteiger partial charge on any atom is -0.492 e. The van der Waals surface area contributed by atoms with Crippen molar-refractivity contribution in [2.75, 3.05) is 13.2 Å². The molecule has 0 fully saturated rings. The first-order valence-electron chi connectivity index (χ1n) is 8.73. The van der Waals surface area contributed by atoms with Crippen molar-refractivity contribution in [3.63, 3.8) is 0 Å². The van der Waals surface area contributed by atoms with E-state index in [1.807, 2.05) is 56.3 Å². The van der Waals surface area contributed by atoms with Gasteiger partial charge in [0.1, 0.15) is 18.1 Å². The number of benzene rings is 2. The summed E-state index contributed by atoms with van der Waals surface area (Å²) < 4.78 is 11.4. The highest BCUT2D eigenvalue weighted by Gasteiger charge is 2.15. The van der Waals surface area contributed by atoms with Gasteiger partial charge in [-0.05, 0) is 62.1 Å². The minimum absolute atomic E-state index is 0.147. The molecule has 4 heteroatoms. The summed E-state index contributed by atoms with van der Waals surface area (Å²) in [6, 6.07) is 14.0. The number of hydrogen-bond donors (Lipinski definition) is 1. The molecule has 0 aliphatic heterocycles. The highest BCUT2D eigenvalue weighted by Crippen LogP contribution is 2.20. The summed E-state index contributed by atoms with van der Waals surface area (Å²) >= 11 is 0. The van der Waals surface area contributed by atoms with Gasteiger partial charge in [-0.2, -0.15) is 0 Å². The van der Waals surface area contributed by atoms with Crippen molar-refractivity contribution in [2.24, 2.45) is 0 Å². The summed E-state index contributed by atoms with van der Waals surface area (Å²) in [6.45, 7) is 8.70. The molecule has 1 atom stereocenters. The molecule has 0 unspecified atom stereocenters. The summed E-state index contributed by atoms with van der Waals surface area (Å²) in [4.78, 5) is 12.1. The first-order chi connectivity index (χ1) is 12.0. The van der Waals surface area contributed by atoms with Gasteiger partial charge in [0.2, 0.25) is 0 Å². The molecule has 0 bridgehead atoms. The Bertz CT molecular complexity index is 695. The van der Waals surface area contributed by atoms with Gasteiger partial charge in [-0.15, -0.1) is 0 Å². The third kappa shape index (κ3) is 5.82. The van der Waals surface area contributed by atoms with Crippen LogP contribution in [-0.4, -0.2) is 25.2 Å². The maximum absolute atomic E-state index is 12.1. The summed E-state index contributed by atoms with van der Waals surface area (Å²) in [6.07, 6.45) is 0.457. The van der Waals surface area contributed by atoms with Crippen molar-refractivity contribution < 1.29 is 14.3 Å². The molecule has 0 aliphatic carbocycles. The van der Waals surface area contributed by atoms with Gasteiger partial charge in [0.05, 0.1) is 6.54 Å². The van der Waals surface area contributed by atoms with E-state index in [4.69, 9.17) is 9.47 Å². The Kier molecular flexibility index (Phi) is 6.87. The fourth-order valence-electron chi connectivity index (χ4n) is 2.39. The monoisotopic (exact) mass is 341 g/mol. The molecule has 0 saturated carbocycles. The number of rotatable bonds is 8. The van der Waals surface area contributed by atoms with E-state index >= 15 is 0 Å². The minimum atomic E-state index is -0.552. The summed E-state index contributed by atoms with van der Waals surface area (Å²) in [7, 11) is 0. The molecule has 0 saturated heterocycles. The first kappa shape index (κ1) is 18.8. The fraction of sp³-hybridized carbons (Fsp3) is 0.381. The molecule has 0 spiro atoms. The smallest absolute Gasteiger partial charge is 0.260 e. The van der Waals surface area contributed by atoms with Gasteiger partial charge in [0.25, 0.3) is 5.91 Å². The molecule has 1 N–H and O–H groups in total. The summed E-state index contributed by atoms with van der Waals surface area (Å²) in [5.41, 5.74) is 3.40. The highest BCUT2D eigenvalue weighted by molar-refractivity contribution is 5.80. The van der Waals surface area contributed by atoms with E-state index < -0.39 is 6.10 Å². The molecule has 2 rings (SSSR count). The Balaban J connectivity index is 1.74. The Morgan fingerprint density at radius 1 is 1.12 bits per heavy atom. The molecule has 0 aliphatic rings. The maximum atomic E-state index is 12.1. The van der Waals surface area contributed by atoms with Gasteiger partial charge in [-0.3, -0.25) is 4.79 Å². The van der Waals surface area contributed by atoms with E-state index in [-0.39, 0.29) is 5.91 Å². The molecule has 0 aromatic heterocycles. The van der Waals surface area contributed by atoms with Crippen molar-refractivity contribution in [3.8, 4) is 11.5 Å². The molecule has 2 aromatic carbocycles. The number of aryl methyl sites for hydroxylation is 3. The number of carbonyl (C=O) groups is 1. The highest BCUT2D eigenvalue weighted by atomic mass is 16.5. The van der Waals surface area contributed by atoms with E-state index in [1.54, 1.807) is 6.92 Å². The average Bonchev–Trinajstić information content (AvgIpc) is 2.62. The first-order valence-corrected chi connectivity index (χ1v) is 8.73. The molecule has 4 nitrogen and oxygen atoms in total. The van der Waals surface area contributed by atoms with Crippen molar-refractivity contribution in [1.82, 2.24) is 5.32 Å². The lowest BCUT2D eigenvalue weighted by atomic mass is 10.1. The molecule has 25 heavy (non-hydrogen) atoms. The van der Waals surface area contributed by atoms with Crippen LogP contribution in [0.5, 0.6) is 11.5 Å². The molecule has 1 amide bonds. The number of ether oxygens (including phenoxy) is 2. The summed E-state index contributed by atoms with van der Waals surface area (Å²) in [5, 5.41) is 2.84. The topological polar surface area (TPSA) is 47.6 Å². The summed E-state index contributed by atoms with van der Waals surface area (Å²) in [5.74, 6) is 1.41. The predicted octanol–water partition coefficient (Wildman–Crippen LogP) is 3.83. The number of amides is 1. The Morgan fingerprint density at radius 2 is 1.84 bits per heavy atom. The second kappa shape index (κ2) is 9.11. The maximum Gasteiger partial charge on any atom is 0.260 e. The van der Waals surface area contributed by atoms with E-state index in [0.717, 1.165) is 29.0 Å². The van der Waals surface area contributed by atoms with Crippen LogP contribution in [0.1, 0.15) is 30.5 Å². The molecule has 134 valence electrons. The van der Waals surface area contributed by atoms with Gasteiger partial charge in [0.15, 0.2) is 6.10 Å². The Labute approximate surface area is 150 Å². The van der Waals surface area contributed by atoms with E-state index in [1.165, 1.54) is 5.56 Å². The SMILES string of the molecule is CCc1ccc(OCCNC(=O)[C@H](C)Oc2cc(C)ccc2C)cc1. The predicted molar refractivity (Wildman–Crippen MR) is 100 cm³/mol. The zero-order valence-electron chi connectivity index (χ0n) is 15.5. The van der Waals surface area contributed by atoms with Crippen LogP contribution in [0.4, 0.5) is 0 Å². The van der Waals surface area contributed by atoms with Crippen molar-refractivity contribution >= 4 is 5.91 Å². The third-order valence-corrected chi connectivity index (χ3v) is 4.02. The standard InChI is InChI=1S/C21H27NO3/c1-5-18-8-10-19(11-9-18)24-13-12-22-21(23)17(4)25-20-14-15(2)6-7-16(20)3/h6-11,14,17H,5,12-13H2,1-4H3,(H,22,23)/t17-/m0/s1. The van der Waals surface area contributed by atoms with Crippen LogP contribution in [0.2, 0.25) is 0 Å². The molecule has 0 heterocycles. The number of hydrogen-bond acceptors (Lipinski definition) is 3. The second-order valence-corrected chi connectivity index (χ2v) is 6.17. The molecular weight excluding hydrogens is 314 g/mol. The molecule has 0 radical (unpaired) electrons. The zero-order valence-corrected chi connectivity index (χ0v) is 15.5. The van der Waals surface area contributed by atoms with Crippen LogP contribution < -0.4 is 14.8 Å². The van der Waals surface area contributed by atoms with E-state index in [9.17, 15) is 4.79 Å². The zero-order chi connectivity index (χ0) is 18.2. The molecular formula is C21H27NO3. The van der Waals surface area contributed by atoms with Crippen LogP contribution in [-0.2, 0) is 11.2 Å². The van der Waals surface area contributed by atoms with Gasteiger partial charge in [-0.1, -0.05) is 31.2 Å². The average molecular weight is 341 g/mol. The van der Waals surface area contributed by atoms with Crippen molar-refractivity contribution in [2.45, 2.75) is 40.2 Å². The van der Waals surface area contributed by atoms with Crippen molar-refractivity contribution in [1.29, 1.82) is 0 Å². The normalized spacial score (nSPS) is 11.7. The third-order valence-electron chi connectivity index (χ3n) is 4.02. The van der Waals surface area contributed by atoms with Crippen LogP contribution >= 0.6 is 0 Å². The lowest BCUT2D eigenvalue weighted by Gasteiger charge is -2.17. The van der Waals surface area contributed by atoms with Gasteiger partial charge < -0.3 is 14.8 Å². The van der Waals surface area contributed by atoms with E-state index in [2.05, 4.69) is 12.2 Å². The quantitative estimate of drug-likeness (QED) is 0.742. The van der Waals surface area contributed by atoms with Crippen LogP contribution in [0, 0.1) is 13.8 Å². The number of nitrogens with one attached hydrogen (secondary N) is 1. The number of carbonyl (C=O) groups excluding carboxylic acids is 1. The van der Waals surface area contributed by atoms with Gasteiger partial charge >= 0.3 is 0 Å². The van der Waals surface area contributed by atoms with Crippen LogP contribution in [0.25, 0.3) is 0 Å². The lowest BCUT2D eigenvalue weighted by Crippen LogP contribution is -2.38. The van der Waals surface area contributed by atoms with Gasteiger partial charge in [-0.25, -0.2) is 0 Å². The van der Waals surface area contributed by atoms with Gasteiger partial charge in [0, 0.05) is 0 Å². The lowest BCUT2D eigenvalue weighted by molar-refractivity contribution is -0.127. The molecule has 2 aromatic rings. The van der Waals surface area contributed by atoms with Crippen LogP contribution in [0.3, 0.4) is 0 Å². The van der Waals surface area contributed by atoms with Crippen LogP contribution in [0.15, 0.2) is 42.5 Å². The largest absolute Gasteiger partial charge is 0.492 e.